The number of hydrogen-bond acceptors (Lipinski definition) is 2. The van der Waals surface area contributed by atoms with E-state index >= 15 is 0 Å². The zero-order chi connectivity index (χ0) is 10.6. The zero-order valence-electron chi connectivity index (χ0n) is 8.13. The second-order valence-electron chi connectivity index (χ2n) is 3.17. The van der Waals surface area contributed by atoms with Crippen LogP contribution in [0.3, 0.4) is 0 Å². The number of unbranched alkanes of at least 4 members (excludes halogenated alkanes) is 1. The maximum absolute atomic E-state index is 12.6. The number of hydrogen-bond donors (Lipinski definition) is 1. The van der Waals surface area contributed by atoms with Crippen LogP contribution in [0, 0.1) is 0 Å². The summed E-state index contributed by atoms with van der Waals surface area (Å²) in [6.45, 7) is 2.01. The van der Waals surface area contributed by atoms with Crippen LogP contribution in [0.4, 0.5) is 14.6 Å². The summed E-state index contributed by atoms with van der Waals surface area (Å²) in [5, 5.41) is 0. The van der Waals surface area contributed by atoms with Gasteiger partial charge in [0.2, 0.25) is 0 Å². The highest BCUT2D eigenvalue weighted by Gasteiger charge is 2.14. The van der Waals surface area contributed by atoms with Crippen LogP contribution in [0.15, 0.2) is 12.3 Å². The molecule has 0 saturated heterocycles. The fourth-order valence-corrected chi connectivity index (χ4v) is 1.35. The lowest BCUT2D eigenvalue weighted by Crippen LogP contribution is -2.03. The van der Waals surface area contributed by atoms with Gasteiger partial charge < -0.3 is 5.73 Å². The van der Waals surface area contributed by atoms with E-state index in [0.29, 0.717) is 12.0 Å². The van der Waals surface area contributed by atoms with Gasteiger partial charge in [0.1, 0.15) is 5.82 Å². The Balaban J connectivity index is 2.96. The van der Waals surface area contributed by atoms with Crippen LogP contribution in [0.5, 0.6) is 0 Å². The number of rotatable bonds is 4. The van der Waals surface area contributed by atoms with E-state index in [0.717, 1.165) is 12.8 Å². The third-order valence-electron chi connectivity index (χ3n) is 2.14. The molecule has 78 valence electrons. The fraction of sp³-hybridized carbons (Fsp3) is 0.500. The number of alkyl halides is 2. The number of anilines is 1. The van der Waals surface area contributed by atoms with E-state index in [2.05, 4.69) is 4.98 Å². The van der Waals surface area contributed by atoms with Crippen LogP contribution < -0.4 is 5.73 Å². The smallest absolute Gasteiger partial charge is 0.264 e. The van der Waals surface area contributed by atoms with Crippen molar-refractivity contribution in [3.8, 4) is 0 Å². The van der Waals surface area contributed by atoms with Crippen LogP contribution in [0.25, 0.3) is 0 Å². The third-order valence-corrected chi connectivity index (χ3v) is 2.14. The topological polar surface area (TPSA) is 38.9 Å². The molecular formula is C10H14F2N2. The number of nitrogen functional groups attached to an aromatic ring is 1. The van der Waals surface area contributed by atoms with Gasteiger partial charge in [-0.25, -0.2) is 13.8 Å². The Labute approximate surface area is 82.1 Å². The monoisotopic (exact) mass is 200 g/mol. The van der Waals surface area contributed by atoms with Crippen molar-refractivity contribution in [3.05, 3.63) is 23.4 Å². The molecule has 0 amide bonds. The van der Waals surface area contributed by atoms with Crippen LogP contribution in [-0.4, -0.2) is 4.98 Å². The van der Waals surface area contributed by atoms with E-state index in [4.69, 9.17) is 5.73 Å². The van der Waals surface area contributed by atoms with Gasteiger partial charge in [-0.3, -0.25) is 0 Å². The van der Waals surface area contributed by atoms with Gasteiger partial charge in [0.25, 0.3) is 6.43 Å². The van der Waals surface area contributed by atoms with E-state index in [9.17, 15) is 8.78 Å². The first-order chi connectivity index (χ1) is 6.66. The molecule has 1 heterocycles. The molecule has 0 unspecified atom stereocenters. The summed E-state index contributed by atoms with van der Waals surface area (Å²) in [5.41, 5.74) is 6.08. The Bertz CT molecular complexity index is 300. The maximum Gasteiger partial charge on any atom is 0.264 e. The molecule has 4 heteroatoms. The van der Waals surface area contributed by atoms with Crippen LogP contribution in [0.2, 0.25) is 0 Å². The van der Waals surface area contributed by atoms with Gasteiger partial charge in [-0.15, -0.1) is 0 Å². The third kappa shape index (κ3) is 2.40. The van der Waals surface area contributed by atoms with Gasteiger partial charge in [-0.1, -0.05) is 13.3 Å². The minimum Gasteiger partial charge on any atom is -0.383 e. The van der Waals surface area contributed by atoms with E-state index in [1.165, 1.54) is 12.3 Å². The van der Waals surface area contributed by atoms with Crippen molar-refractivity contribution < 1.29 is 8.78 Å². The number of nitrogens with zero attached hydrogens (tertiary/aromatic N) is 1. The van der Waals surface area contributed by atoms with Crippen LogP contribution in [-0.2, 0) is 6.42 Å². The minimum atomic E-state index is -2.47. The highest BCUT2D eigenvalue weighted by Crippen LogP contribution is 2.26. The summed E-state index contributed by atoms with van der Waals surface area (Å²) >= 11 is 0. The summed E-state index contributed by atoms with van der Waals surface area (Å²) in [6.07, 6.45) is 1.25. The average Bonchev–Trinajstić information content (AvgIpc) is 2.15. The molecule has 0 aliphatic heterocycles. The van der Waals surface area contributed by atoms with Gasteiger partial charge in [-0.2, -0.15) is 0 Å². The molecule has 2 nitrogen and oxygen atoms in total. The SMILES string of the molecule is CCCCc1c(C(F)F)ccnc1N. The normalized spacial score (nSPS) is 10.9. The van der Waals surface area contributed by atoms with E-state index in [1.54, 1.807) is 0 Å². The number of halogens is 2. The van der Waals surface area contributed by atoms with Crippen molar-refractivity contribution in [3.63, 3.8) is 0 Å². The van der Waals surface area contributed by atoms with Gasteiger partial charge in [0.15, 0.2) is 0 Å². The Morgan fingerprint density at radius 3 is 2.79 bits per heavy atom. The fourth-order valence-electron chi connectivity index (χ4n) is 1.35. The number of pyridine rings is 1. The second-order valence-corrected chi connectivity index (χ2v) is 3.17. The molecular weight excluding hydrogens is 186 g/mol. The first kappa shape index (κ1) is 10.9. The van der Waals surface area contributed by atoms with Crippen molar-refractivity contribution in [2.75, 3.05) is 5.73 Å². The highest BCUT2D eigenvalue weighted by atomic mass is 19.3. The number of nitrogens with two attached hydrogens (primary N) is 1. The van der Waals surface area contributed by atoms with Crippen LogP contribution >= 0.6 is 0 Å². The standard InChI is InChI=1S/C10H14F2N2/c1-2-3-4-8-7(9(11)12)5-6-14-10(8)13/h5-6,9H,2-4H2,1H3,(H2,13,14). The number of aromatic nitrogens is 1. The highest BCUT2D eigenvalue weighted by molar-refractivity contribution is 5.44. The minimum absolute atomic E-state index is 0.0194. The average molecular weight is 200 g/mol. The summed E-state index contributed by atoms with van der Waals surface area (Å²) in [7, 11) is 0. The van der Waals surface area contributed by atoms with E-state index < -0.39 is 6.43 Å². The summed E-state index contributed by atoms with van der Waals surface area (Å²) in [6, 6.07) is 1.34. The molecule has 14 heavy (non-hydrogen) atoms. The van der Waals surface area contributed by atoms with Gasteiger partial charge >= 0.3 is 0 Å². The zero-order valence-corrected chi connectivity index (χ0v) is 8.13. The van der Waals surface area contributed by atoms with Crippen molar-refractivity contribution in [1.82, 2.24) is 4.98 Å². The summed E-state index contributed by atoms with van der Waals surface area (Å²) < 4.78 is 25.1. The molecule has 0 bridgehead atoms. The molecule has 2 N–H and O–H groups in total. The largest absolute Gasteiger partial charge is 0.383 e. The van der Waals surface area contributed by atoms with E-state index in [-0.39, 0.29) is 11.4 Å². The van der Waals surface area contributed by atoms with Crippen molar-refractivity contribution >= 4 is 5.82 Å². The summed E-state index contributed by atoms with van der Waals surface area (Å²) in [5.74, 6) is 0.233. The molecule has 1 rings (SSSR count). The first-order valence-corrected chi connectivity index (χ1v) is 4.68. The lowest BCUT2D eigenvalue weighted by molar-refractivity contribution is 0.150. The first-order valence-electron chi connectivity index (χ1n) is 4.68. The predicted molar refractivity (Wildman–Crippen MR) is 52.2 cm³/mol. The maximum atomic E-state index is 12.6. The summed E-state index contributed by atoms with van der Waals surface area (Å²) in [4.78, 5) is 3.82. The van der Waals surface area contributed by atoms with Crippen molar-refractivity contribution in [1.29, 1.82) is 0 Å². The molecule has 0 spiro atoms. The lowest BCUT2D eigenvalue weighted by Gasteiger charge is -2.09. The molecule has 1 aromatic rings. The van der Waals surface area contributed by atoms with Gasteiger partial charge in [-0.05, 0) is 18.9 Å². The molecule has 0 saturated carbocycles. The molecule has 1 aromatic heterocycles. The molecule has 0 atom stereocenters. The molecule has 0 aliphatic rings. The van der Waals surface area contributed by atoms with Gasteiger partial charge in [0, 0.05) is 17.3 Å². The molecule has 0 aromatic carbocycles. The Hall–Kier alpha value is -1.19. The van der Waals surface area contributed by atoms with Crippen LogP contribution in [0.1, 0.15) is 37.3 Å². The predicted octanol–water partition coefficient (Wildman–Crippen LogP) is 2.94. The Kier molecular flexibility index (Phi) is 3.80. The molecule has 0 aliphatic carbocycles. The quantitative estimate of drug-likeness (QED) is 0.811. The second kappa shape index (κ2) is 4.88. The van der Waals surface area contributed by atoms with Crippen molar-refractivity contribution in [2.24, 2.45) is 0 Å². The molecule has 0 fully saturated rings. The molecule has 0 radical (unpaired) electrons. The van der Waals surface area contributed by atoms with E-state index in [1.807, 2.05) is 6.92 Å². The van der Waals surface area contributed by atoms with Gasteiger partial charge in [0.05, 0.1) is 0 Å². The lowest BCUT2D eigenvalue weighted by atomic mass is 10.0. The Morgan fingerprint density at radius 1 is 1.50 bits per heavy atom. The van der Waals surface area contributed by atoms with Crippen molar-refractivity contribution in [2.45, 2.75) is 32.6 Å². The Morgan fingerprint density at radius 2 is 2.21 bits per heavy atom.